The molecule has 6 nitrogen and oxygen atoms in total. The van der Waals surface area contributed by atoms with Gasteiger partial charge in [0.05, 0.1) is 37.8 Å². The van der Waals surface area contributed by atoms with Gasteiger partial charge in [0.15, 0.2) is 0 Å². The molecule has 28 heavy (non-hydrogen) atoms. The van der Waals surface area contributed by atoms with Gasteiger partial charge in [-0.05, 0) is 40.6 Å². The van der Waals surface area contributed by atoms with Crippen LogP contribution in [0.25, 0.3) is 10.8 Å². The van der Waals surface area contributed by atoms with Crippen molar-refractivity contribution in [3.8, 4) is 5.75 Å². The van der Waals surface area contributed by atoms with Gasteiger partial charge < -0.3 is 14.8 Å². The molecule has 3 heterocycles. The van der Waals surface area contributed by atoms with Crippen LogP contribution in [0.1, 0.15) is 23.1 Å². The van der Waals surface area contributed by atoms with Gasteiger partial charge in [-0.1, -0.05) is 18.2 Å². The molecule has 2 aliphatic rings. The second-order valence-corrected chi connectivity index (χ2v) is 7.59. The van der Waals surface area contributed by atoms with Gasteiger partial charge in [0, 0.05) is 32.7 Å². The fraction of sp³-hybridized carbons (Fsp3) is 0.409. The molecule has 0 saturated carbocycles. The zero-order chi connectivity index (χ0) is 18.9. The maximum absolute atomic E-state index is 6.11. The predicted octanol–water partition coefficient (Wildman–Crippen LogP) is 2.72. The lowest BCUT2D eigenvalue weighted by molar-refractivity contribution is -0.0332. The van der Waals surface area contributed by atoms with Crippen molar-refractivity contribution >= 4 is 10.8 Å². The van der Waals surface area contributed by atoms with E-state index in [0.717, 1.165) is 57.3 Å². The molecular weight excluding hydrogens is 352 g/mol. The number of hydrogen-bond donors (Lipinski definition) is 1. The third-order valence-electron chi connectivity index (χ3n) is 5.70. The predicted molar refractivity (Wildman–Crippen MR) is 108 cm³/mol. The van der Waals surface area contributed by atoms with E-state index in [9.17, 15) is 0 Å². The molecule has 0 spiro atoms. The molecular formula is C22H26N4O2. The van der Waals surface area contributed by atoms with Gasteiger partial charge in [-0.3, -0.25) is 9.58 Å². The van der Waals surface area contributed by atoms with Crippen LogP contribution < -0.4 is 10.1 Å². The van der Waals surface area contributed by atoms with Crippen molar-refractivity contribution in [2.45, 2.75) is 25.7 Å². The third kappa shape index (κ3) is 3.51. The summed E-state index contributed by atoms with van der Waals surface area (Å²) in [6, 6.07) is 15.0. The van der Waals surface area contributed by atoms with Gasteiger partial charge >= 0.3 is 0 Å². The Morgan fingerprint density at radius 2 is 2.04 bits per heavy atom. The van der Waals surface area contributed by atoms with Crippen LogP contribution >= 0.6 is 0 Å². The molecule has 5 rings (SSSR count). The van der Waals surface area contributed by atoms with E-state index >= 15 is 0 Å². The third-order valence-corrected chi connectivity index (χ3v) is 5.70. The summed E-state index contributed by atoms with van der Waals surface area (Å²) < 4.78 is 13.6. The molecule has 2 aliphatic heterocycles. The van der Waals surface area contributed by atoms with Crippen molar-refractivity contribution in [2.24, 2.45) is 0 Å². The van der Waals surface area contributed by atoms with Crippen LogP contribution in [-0.4, -0.2) is 48.0 Å². The largest absolute Gasteiger partial charge is 0.497 e. The zero-order valence-corrected chi connectivity index (χ0v) is 16.2. The minimum atomic E-state index is 0.0964. The summed E-state index contributed by atoms with van der Waals surface area (Å²) in [6.07, 6.45) is 0.0964. The molecule has 0 unspecified atom stereocenters. The van der Waals surface area contributed by atoms with E-state index in [1.54, 1.807) is 7.11 Å². The molecule has 1 aromatic heterocycles. The lowest BCUT2D eigenvalue weighted by Crippen LogP contribution is -2.37. The van der Waals surface area contributed by atoms with Gasteiger partial charge in [-0.25, -0.2) is 0 Å². The fourth-order valence-electron chi connectivity index (χ4n) is 4.18. The summed E-state index contributed by atoms with van der Waals surface area (Å²) in [5, 5.41) is 10.6. The summed E-state index contributed by atoms with van der Waals surface area (Å²) in [6.45, 7) is 6.35. The average Bonchev–Trinajstić information content (AvgIpc) is 3.15. The van der Waals surface area contributed by atoms with Crippen molar-refractivity contribution < 1.29 is 9.47 Å². The molecule has 0 aliphatic carbocycles. The number of benzene rings is 2. The molecule has 1 fully saturated rings. The minimum Gasteiger partial charge on any atom is -0.497 e. The first kappa shape index (κ1) is 17.7. The Morgan fingerprint density at radius 3 is 2.93 bits per heavy atom. The van der Waals surface area contributed by atoms with Crippen molar-refractivity contribution in [3.05, 3.63) is 59.4 Å². The van der Waals surface area contributed by atoms with Crippen molar-refractivity contribution in [1.82, 2.24) is 20.0 Å². The first-order valence-corrected chi connectivity index (χ1v) is 9.96. The Kier molecular flexibility index (Phi) is 4.76. The molecule has 0 amide bonds. The van der Waals surface area contributed by atoms with Crippen LogP contribution in [-0.2, 0) is 24.4 Å². The number of nitrogens with zero attached hydrogens (tertiary/aromatic N) is 3. The zero-order valence-electron chi connectivity index (χ0n) is 16.2. The van der Waals surface area contributed by atoms with E-state index in [-0.39, 0.29) is 6.10 Å². The normalized spacial score (nSPS) is 20.2. The summed E-state index contributed by atoms with van der Waals surface area (Å²) in [5.74, 6) is 0.887. The number of nitrogens with one attached hydrogen (secondary N) is 1. The van der Waals surface area contributed by atoms with Gasteiger partial charge in [0.1, 0.15) is 5.75 Å². The van der Waals surface area contributed by atoms with Gasteiger partial charge in [0.25, 0.3) is 0 Å². The quantitative estimate of drug-likeness (QED) is 0.757. The number of fused-ring (bicyclic) bond motifs is 2. The molecule has 1 atom stereocenters. The molecule has 1 saturated heterocycles. The standard InChI is InChI=1S/C22H26N4O2/c1-27-21-5-4-16-10-18(3-2-17(16)11-21)22-15-25(8-9-28-22)14-19-12-20-13-23-6-7-26(20)24-19/h2-5,10-12,22-23H,6-9,13-15H2,1H3/t22-/m0/s1. The van der Waals surface area contributed by atoms with E-state index in [1.165, 1.54) is 22.0 Å². The molecule has 2 aromatic carbocycles. The van der Waals surface area contributed by atoms with Gasteiger partial charge in [0.2, 0.25) is 0 Å². The number of morpholine rings is 1. The molecule has 1 N–H and O–H groups in total. The molecule has 3 aromatic rings. The first-order chi connectivity index (χ1) is 13.8. The van der Waals surface area contributed by atoms with Gasteiger partial charge in [-0.15, -0.1) is 0 Å². The number of methoxy groups -OCH3 is 1. The fourth-order valence-corrected chi connectivity index (χ4v) is 4.18. The van der Waals surface area contributed by atoms with Crippen molar-refractivity contribution in [3.63, 3.8) is 0 Å². The lowest BCUT2D eigenvalue weighted by Gasteiger charge is -2.32. The smallest absolute Gasteiger partial charge is 0.119 e. The monoisotopic (exact) mass is 378 g/mol. The molecule has 6 heteroatoms. The molecule has 0 radical (unpaired) electrons. The van der Waals surface area contributed by atoms with E-state index in [4.69, 9.17) is 14.6 Å². The van der Waals surface area contributed by atoms with Gasteiger partial charge in [-0.2, -0.15) is 5.10 Å². The number of hydrogen-bond acceptors (Lipinski definition) is 5. The number of rotatable bonds is 4. The highest BCUT2D eigenvalue weighted by molar-refractivity contribution is 5.84. The Hall–Kier alpha value is -2.41. The number of aromatic nitrogens is 2. The molecule has 146 valence electrons. The van der Waals surface area contributed by atoms with Crippen molar-refractivity contribution in [1.29, 1.82) is 0 Å². The summed E-state index contributed by atoms with van der Waals surface area (Å²) >= 11 is 0. The van der Waals surface area contributed by atoms with Crippen LogP contribution in [0.4, 0.5) is 0 Å². The minimum absolute atomic E-state index is 0.0964. The van der Waals surface area contributed by atoms with E-state index in [2.05, 4.69) is 51.3 Å². The Bertz CT molecular complexity index is 960. The van der Waals surface area contributed by atoms with Crippen LogP contribution in [0.5, 0.6) is 5.75 Å². The molecule has 0 bridgehead atoms. The maximum atomic E-state index is 6.11. The topological polar surface area (TPSA) is 51.5 Å². The highest BCUT2D eigenvalue weighted by Crippen LogP contribution is 2.28. The van der Waals surface area contributed by atoms with Crippen LogP contribution in [0.2, 0.25) is 0 Å². The van der Waals surface area contributed by atoms with Crippen LogP contribution in [0.15, 0.2) is 42.5 Å². The highest BCUT2D eigenvalue weighted by atomic mass is 16.5. The Balaban J connectivity index is 1.31. The van der Waals surface area contributed by atoms with E-state index in [0.29, 0.717) is 0 Å². The second-order valence-electron chi connectivity index (χ2n) is 7.59. The second kappa shape index (κ2) is 7.54. The highest BCUT2D eigenvalue weighted by Gasteiger charge is 2.23. The maximum Gasteiger partial charge on any atom is 0.119 e. The Labute approximate surface area is 165 Å². The van der Waals surface area contributed by atoms with E-state index < -0.39 is 0 Å². The number of ether oxygens (including phenoxy) is 2. The lowest BCUT2D eigenvalue weighted by atomic mass is 10.0. The first-order valence-electron chi connectivity index (χ1n) is 9.96. The summed E-state index contributed by atoms with van der Waals surface area (Å²) in [7, 11) is 1.70. The Morgan fingerprint density at radius 1 is 1.14 bits per heavy atom. The van der Waals surface area contributed by atoms with E-state index in [1.807, 2.05) is 6.07 Å². The van der Waals surface area contributed by atoms with Crippen LogP contribution in [0, 0.1) is 0 Å². The van der Waals surface area contributed by atoms with Crippen molar-refractivity contribution in [2.75, 3.05) is 33.4 Å². The summed E-state index contributed by atoms with van der Waals surface area (Å²) in [4.78, 5) is 2.45. The van der Waals surface area contributed by atoms with Crippen LogP contribution in [0.3, 0.4) is 0 Å². The SMILES string of the molecule is COc1ccc2cc([C@@H]3CN(Cc4cc5n(n4)CCNC5)CCO3)ccc2c1. The average molecular weight is 378 g/mol. The summed E-state index contributed by atoms with van der Waals surface area (Å²) in [5.41, 5.74) is 3.68.